The van der Waals surface area contributed by atoms with Gasteiger partial charge in [-0.25, -0.2) is 8.78 Å². The predicted molar refractivity (Wildman–Crippen MR) is 54.5 cm³/mol. The van der Waals surface area contributed by atoms with Crippen LogP contribution in [0.4, 0.5) is 8.78 Å². The van der Waals surface area contributed by atoms with Crippen molar-refractivity contribution in [3.8, 4) is 0 Å². The van der Waals surface area contributed by atoms with E-state index in [1.54, 1.807) is 0 Å². The molecular weight excluding hydrogens is 200 g/mol. The van der Waals surface area contributed by atoms with Crippen LogP contribution in [0.1, 0.15) is 24.9 Å². The third kappa shape index (κ3) is 3.25. The van der Waals surface area contributed by atoms with E-state index < -0.39 is 17.7 Å². The van der Waals surface area contributed by atoms with E-state index in [1.807, 2.05) is 6.92 Å². The summed E-state index contributed by atoms with van der Waals surface area (Å²) in [6.07, 6.45) is 0.888. The van der Waals surface area contributed by atoms with Crippen LogP contribution in [0.3, 0.4) is 0 Å². The number of rotatable bonds is 5. The Hall–Kier alpha value is -1.00. The zero-order valence-electron chi connectivity index (χ0n) is 8.63. The Morgan fingerprint density at radius 1 is 1.40 bits per heavy atom. The van der Waals surface area contributed by atoms with Gasteiger partial charge in [-0.1, -0.05) is 13.0 Å². The molecule has 2 nitrogen and oxygen atoms in total. The molecule has 1 unspecified atom stereocenters. The minimum atomic E-state index is -0.627. The Labute approximate surface area is 87.9 Å². The second-order valence-corrected chi connectivity index (χ2v) is 3.36. The molecule has 0 saturated carbocycles. The van der Waals surface area contributed by atoms with Crippen molar-refractivity contribution in [3.05, 3.63) is 35.4 Å². The van der Waals surface area contributed by atoms with Crippen molar-refractivity contribution in [1.29, 1.82) is 0 Å². The molecule has 0 bridgehead atoms. The second-order valence-electron chi connectivity index (χ2n) is 3.36. The lowest BCUT2D eigenvalue weighted by Gasteiger charge is -2.16. The largest absolute Gasteiger partial charge is 0.394 e. The summed E-state index contributed by atoms with van der Waals surface area (Å²) >= 11 is 0. The predicted octanol–water partition coefficient (Wildman–Crippen LogP) is 2.00. The highest BCUT2D eigenvalue weighted by Gasteiger charge is 2.14. The van der Waals surface area contributed by atoms with Crippen LogP contribution in [0.2, 0.25) is 0 Å². The maximum atomic E-state index is 13.3. The van der Waals surface area contributed by atoms with Gasteiger partial charge in [0.15, 0.2) is 0 Å². The molecule has 0 aliphatic carbocycles. The van der Waals surface area contributed by atoms with Crippen LogP contribution in [0.5, 0.6) is 0 Å². The molecule has 0 saturated heterocycles. The molecule has 4 heteroatoms. The van der Waals surface area contributed by atoms with E-state index in [1.165, 1.54) is 12.1 Å². The lowest BCUT2D eigenvalue weighted by Crippen LogP contribution is -2.26. The fourth-order valence-electron chi connectivity index (χ4n) is 1.38. The highest BCUT2D eigenvalue weighted by atomic mass is 19.1. The maximum absolute atomic E-state index is 13.3. The summed E-state index contributed by atoms with van der Waals surface area (Å²) in [5.41, 5.74) is 0.298. The van der Waals surface area contributed by atoms with Gasteiger partial charge in [0.2, 0.25) is 0 Å². The smallest absolute Gasteiger partial charge is 0.130 e. The Balaban J connectivity index is 2.81. The molecule has 0 aliphatic heterocycles. The Morgan fingerprint density at radius 2 is 2.13 bits per heavy atom. The van der Waals surface area contributed by atoms with Crippen molar-refractivity contribution in [2.45, 2.75) is 19.4 Å². The molecular formula is C11H15F2NO. The summed E-state index contributed by atoms with van der Waals surface area (Å²) in [5.74, 6) is -1.24. The average molecular weight is 215 g/mol. The van der Waals surface area contributed by atoms with Gasteiger partial charge in [-0.3, -0.25) is 0 Å². The number of benzene rings is 1. The highest BCUT2D eigenvalue weighted by molar-refractivity contribution is 5.22. The van der Waals surface area contributed by atoms with Crippen molar-refractivity contribution in [2.75, 3.05) is 13.2 Å². The van der Waals surface area contributed by atoms with Crippen LogP contribution in [0.25, 0.3) is 0 Å². The Bertz CT molecular complexity index is 317. The van der Waals surface area contributed by atoms with E-state index in [2.05, 4.69) is 5.32 Å². The van der Waals surface area contributed by atoms with E-state index in [9.17, 15) is 8.78 Å². The quantitative estimate of drug-likeness (QED) is 0.787. The number of nitrogens with one attached hydrogen (secondary N) is 1. The van der Waals surface area contributed by atoms with Crippen LogP contribution >= 0.6 is 0 Å². The molecule has 0 heterocycles. The molecule has 2 N–H and O–H groups in total. The van der Waals surface area contributed by atoms with Crippen LogP contribution in [-0.4, -0.2) is 18.3 Å². The number of hydrogen-bond donors (Lipinski definition) is 2. The second kappa shape index (κ2) is 5.78. The topological polar surface area (TPSA) is 32.3 Å². The molecule has 0 fully saturated rings. The zero-order chi connectivity index (χ0) is 11.3. The monoisotopic (exact) mass is 215 g/mol. The molecule has 0 spiro atoms. The van der Waals surface area contributed by atoms with Crippen LogP contribution in [0.15, 0.2) is 18.2 Å². The normalized spacial score (nSPS) is 12.8. The molecule has 1 aromatic carbocycles. The average Bonchev–Trinajstić information content (AvgIpc) is 2.21. The number of aliphatic hydroxyl groups is 1. The Kier molecular flexibility index (Phi) is 4.65. The fraction of sp³-hybridized carbons (Fsp3) is 0.455. The lowest BCUT2D eigenvalue weighted by atomic mass is 10.1. The van der Waals surface area contributed by atoms with E-state index >= 15 is 0 Å². The van der Waals surface area contributed by atoms with Crippen LogP contribution in [-0.2, 0) is 0 Å². The first-order valence-corrected chi connectivity index (χ1v) is 4.98. The fourth-order valence-corrected chi connectivity index (χ4v) is 1.38. The van der Waals surface area contributed by atoms with Crippen molar-refractivity contribution in [3.63, 3.8) is 0 Å². The van der Waals surface area contributed by atoms with Gasteiger partial charge in [-0.2, -0.15) is 0 Å². The third-order valence-electron chi connectivity index (χ3n) is 2.16. The summed E-state index contributed by atoms with van der Waals surface area (Å²) in [4.78, 5) is 0. The zero-order valence-corrected chi connectivity index (χ0v) is 8.63. The summed E-state index contributed by atoms with van der Waals surface area (Å²) in [6, 6.07) is 2.90. The molecule has 1 rings (SSSR count). The number of halogens is 2. The van der Waals surface area contributed by atoms with Gasteiger partial charge in [-0.05, 0) is 19.0 Å². The van der Waals surface area contributed by atoms with Gasteiger partial charge < -0.3 is 10.4 Å². The van der Waals surface area contributed by atoms with Crippen molar-refractivity contribution in [2.24, 2.45) is 0 Å². The standard InChI is InChI=1S/C11H15F2NO/c1-2-5-14-11(7-15)9-4-3-8(12)6-10(9)13/h3-4,6,11,14-15H,2,5,7H2,1H3. The van der Waals surface area contributed by atoms with Crippen LogP contribution in [0, 0.1) is 11.6 Å². The molecule has 1 aromatic rings. The lowest BCUT2D eigenvalue weighted by molar-refractivity contribution is 0.241. The van der Waals surface area contributed by atoms with Crippen molar-refractivity contribution >= 4 is 0 Å². The van der Waals surface area contributed by atoms with Gasteiger partial charge in [-0.15, -0.1) is 0 Å². The first-order chi connectivity index (χ1) is 7.19. The molecule has 15 heavy (non-hydrogen) atoms. The molecule has 0 radical (unpaired) electrons. The molecule has 0 amide bonds. The van der Waals surface area contributed by atoms with Crippen molar-refractivity contribution in [1.82, 2.24) is 5.32 Å². The minimum absolute atomic E-state index is 0.206. The summed E-state index contributed by atoms with van der Waals surface area (Å²) in [5, 5.41) is 12.1. The van der Waals surface area contributed by atoms with Gasteiger partial charge in [0.1, 0.15) is 11.6 Å². The minimum Gasteiger partial charge on any atom is -0.394 e. The van der Waals surface area contributed by atoms with E-state index in [-0.39, 0.29) is 6.61 Å². The third-order valence-corrected chi connectivity index (χ3v) is 2.16. The van der Waals surface area contributed by atoms with E-state index in [0.29, 0.717) is 12.1 Å². The first kappa shape index (κ1) is 12.1. The number of aliphatic hydroxyl groups excluding tert-OH is 1. The van der Waals surface area contributed by atoms with Gasteiger partial charge in [0.05, 0.1) is 12.6 Å². The van der Waals surface area contributed by atoms with Crippen LogP contribution < -0.4 is 5.32 Å². The first-order valence-electron chi connectivity index (χ1n) is 4.98. The van der Waals surface area contributed by atoms with Gasteiger partial charge in [0.25, 0.3) is 0 Å². The Morgan fingerprint density at radius 3 is 2.67 bits per heavy atom. The summed E-state index contributed by atoms with van der Waals surface area (Å²) in [7, 11) is 0. The SMILES string of the molecule is CCCNC(CO)c1ccc(F)cc1F. The van der Waals surface area contributed by atoms with Crippen molar-refractivity contribution < 1.29 is 13.9 Å². The molecule has 0 aromatic heterocycles. The number of hydrogen-bond acceptors (Lipinski definition) is 2. The van der Waals surface area contributed by atoms with E-state index in [0.717, 1.165) is 12.5 Å². The summed E-state index contributed by atoms with van der Waals surface area (Å²) < 4.78 is 26.0. The van der Waals surface area contributed by atoms with Gasteiger partial charge in [0, 0.05) is 11.6 Å². The summed E-state index contributed by atoms with van der Waals surface area (Å²) in [6.45, 7) is 2.45. The highest BCUT2D eigenvalue weighted by Crippen LogP contribution is 2.17. The maximum Gasteiger partial charge on any atom is 0.130 e. The molecule has 0 aliphatic rings. The molecule has 84 valence electrons. The van der Waals surface area contributed by atoms with Gasteiger partial charge >= 0.3 is 0 Å². The van der Waals surface area contributed by atoms with E-state index in [4.69, 9.17) is 5.11 Å². The molecule has 1 atom stereocenters.